The predicted molar refractivity (Wildman–Crippen MR) is 154 cm³/mol. The minimum Gasteiger partial charge on any atom is -0.414 e. The van der Waals surface area contributed by atoms with Gasteiger partial charge in [-0.15, -0.1) is 0 Å². The van der Waals surface area contributed by atoms with E-state index in [2.05, 4.69) is 49.5 Å². The second-order valence-corrected chi connectivity index (χ2v) is 17.2. The molecule has 38 heavy (non-hydrogen) atoms. The highest BCUT2D eigenvalue weighted by atomic mass is 35.5. The molecule has 1 aromatic heterocycles. The Kier molecular flexibility index (Phi) is 9.25. The number of rotatable bonds is 7. The lowest BCUT2D eigenvalue weighted by atomic mass is 10.1. The Balaban J connectivity index is 1.46. The van der Waals surface area contributed by atoms with Crippen LogP contribution in [0.3, 0.4) is 0 Å². The molecule has 208 valence electrons. The summed E-state index contributed by atoms with van der Waals surface area (Å²) in [6.45, 7) is 13.9. The van der Waals surface area contributed by atoms with E-state index in [9.17, 15) is 4.79 Å². The number of hydrogen-bond acceptors (Lipinski definition) is 6. The largest absolute Gasteiger partial charge is 0.414 e. The van der Waals surface area contributed by atoms with Gasteiger partial charge in [-0.25, -0.2) is 14.8 Å². The molecule has 11 heteroatoms. The summed E-state index contributed by atoms with van der Waals surface area (Å²) in [5.41, 5.74) is 2.81. The first-order valence-electron chi connectivity index (χ1n) is 13.3. The molecule has 2 aliphatic rings. The molecule has 1 aromatic carbocycles. The second-order valence-electron chi connectivity index (χ2n) is 11.6. The topological polar surface area (TPSA) is 88.6 Å². The number of nitrogens with zero attached hydrogens (tertiary/aromatic N) is 3. The lowest BCUT2D eigenvalue weighted by Crippen LogP contribution is -2.47. The quantitative estimate of drug-likeness (QED) is 0.379. The minimum absolute atomic E-state index is 0.0475. The highest BCUT2D eigenvalue weighted by Crippen LogP contribution is 2.37. The number of urea groups is 1. The van der Waals surface area contributed by atoms with Crippen molar-refractivity contribution < 1.29 is 14.0 Å². The van der Waals surface area contributed by atoms with Gasteiger partial charge >= 0.3 is 6.03 Å². The molecule has 0 bridgehead atoms. The van der Waals surface area contributed by atoms with Gasteiger partial charge < -0.3 is 24.7 Å². The van der Waals surface area contributed by atoms with Crippen LogP contribution >= 0.6 is 23.2 Å². The van der Waals surface area contributed by atoms with E-state index < -0.39 is 8.32 Å². The van der Waals surface area contributed by atoms with Crippen molar-refractivity contribution in [2.24, 2.45) is 0 Å². The fourth-order valence-corrected chi connectivity index (χ4v) is 5.59. The lowest BCUT2D eigenvalue weighted by molar-refractivity contribution is 0.0903. The zero-order valence-electron chi connectivity index (χ0n) is 22.9. The molecule has 2 aromatic rings. The molecule has 8 nitrogen and oxygen atoms in total. The molecule has 2 N–H and O–H groups in total. The molecule has 0 aliphatic carbocycles. The van der Waals surface area contributed by atoms with Crippen LogP contribution in [0, 0.1) is 0 Å². The number of amides is 2. The fourth-order valence-electron chi connectivity index (χ4n) is 4.27. The molecule has 2 amide bonds. The summed E-state index contributed by atoms with van der Waals surface area (Å²) < 4.78 is 11.9. The third-order valence-corrected chi connectivity index (χ3v) is 13.1. The number of halogens is 2. The van der Waals surface area contributed by atoms with Gasteiger partial charge in [0.05, 0.1) is 34.9 Å². The molecule has 1 atom stereocenters. The molecule has 1 fully saturated rings. The number of hydrogen-bond donors (Lipinski definition) is 2. The molecule has 0 radical (unpaired) electrons. The number of benzene rings is 1. The van der Waals surface area contributed by atoms with E-state index in [4.69, 9.17) is 37.3 Å². The predicted octanol–water partition coefficient (Wildman–Crippen LogP) is 6.21. The van der Waals surface area contributed by atoms with E-state index in [0.717, 1.165) is 42.9 Å². The highest BCUT2D eigenvalue weighted by Gasteiger charge is 2.38. The maximum absolute atomic E-state index is 13.5. The number of anilines is 1. The van der Waals surface area contributed by atoms with Crippen LogP contribution in [0.15, 0.2) is 24.4 Å². The van der Waals surface area contributed by atoms with Gasteiger partial charge in [-0.2, -0.15) is 0 Å². The minimum atomic E-state index is -2.04. The van der Waals surface area contributed by atoms with Crippen molar-refractivity contribution in [3.63, 3.8) is 0 Å². The van der Waals surface area contributed by atoms with Crippen molar-refractivity contribution in [3.05, 3.63) is 51.3 Å². The Morgan fingerprint density at radius 2 is 1.97 bits per heavy atom. The van der Waals surface area contributed by atoms with E-state index in [1.54, 1.807) is 17.0 Å². The smallest absolute Gasteiger partial charge is 0.318 e. The standard InChI is InChI=1S/C27H39Cl2N5O3Si/c1-27(2,3)38(4,5)37-17-24(18-6-7-21(28)22(29)14-18)33-26(35)34-11-8-19-15-30-25(32-23(19)16-34)31-20-9-12-36-13-10-20/h6-7,14-15,20,24H,8-13,16-17H2,1-5H3,(H,33,35)(H,30,31,32)/t24-/m1/s1. The second kappa shape index (κ2) is 12.1. The number of aromatic nitrogens is 2. The Labute approximate surface area is 236 Å². The van der Waals surface area contributed by atoms with Crippen LogP contribution in [-0.2, 0) is 22.1 Å². The van der Waals surface area contributed by atoms with Crippen LogP contribution in [0.5, 0.6) is 0 Å². The Morgan fingerprint density at radius 3 is 2.66 bits per heavy atom. The highest BCUT2D eigenvalue weighted by molar-refractivity contribution is 6.74. The van der Waals surface area contributed by atoms with Crippen LogP contribution in [0.25, 0.3) is 0 Å². The van der Waals surface area contributed by atoms with E-state index in [-0.39, 0.29) is 17.1 Å². The van der Waals surface area contributed by atoms with E-state index >= 15 is 0 Å². The molecule has 3 heterocycles. The van der Waals surface area contributed by atoms with E-state index in [1.807, 2.05) is 12.3 Å². The number of carbonyl (C=O) groups excluding carboxylic acids is 1. The van der Waals surface area contributed by atoms with Gasteiger partial charge in [-0.05, 0) is 60.7 Å². The number of carbonyl (C=O) groups is 1. The van der Waals surface area contributed by atoms with Crippen molar-refractivity contribution in [1.29, 1.82) is 0 Å². The lowest BCUT2D eigenvalue weighted by Gasteiger charge is -2.38. The summed E-state index contributed by atoms with van der Waals surface area (Å²) >= 11 is 12.5. The van der Waals surface area contributed by atoms with Crippen molar-refractivity contribution in [2.45, 2.75) is 76.8 Å². The van der Waals surface area contributed by atoms with Gasteiger partial charge in [-0.3, -0.25) is 0 Å². The van der Waals surface area contributed by atoms with Gasteiger partial charge in [0.1, 0.15) is 0 Å². The Morgan fingerprint density at radius 1 is 1.24 bits per heavy atom. The summed E-state index contributed by atoms with van der Waals surface area (Å²) in [7, 11) is -2.04. The monoisotopic (exact) mass is 579 g/mol. The van der Waals surface area contributed by atoms with Crippen molar-refractivity contribution in [3.8, 4) is 0 Å². The van der Waals surface area contributed by atoms with Gasteiger partial charge in [0.15, 0.2) is 8.32 Å². The van der Waals surface area contributed by atoms with Crippen LogP contribution in [-0.4, -0.2) is 61.6 Å². The van der Waals surface area contributed by atoms with Gasteiger partial charge in [0.25, 0.3) is 0 Å². The third kappa shape index (κ3) is 7.18. The molecule has 1 saturated heterocycles. The first-order valence-corrected chi connectivity index (χ1v) is 16.9. The van der Waals surface area contributed by atoms with E-state index in [1.165, 1.54) is 0 Å². The van der Waals surface area contributed by atoms with E-state index in [0.29, 0.717) is 48.2 Å². The van der Waals surface area contributed by atoms with Crippen molar-refractivity contribution in [1.82, 2.24) is 20.2 Å². The summed E-state index contributed by atoms with van der Waals surface area (Å²) in [6.07, 6.45) is 4.45. The summed E-state index contributed by atoms with van der Waals surface area (Å²) in [4.78, 5) is 24.6. The third-order valence-electron chi connectivity index (χ3n) is 7.85. The number of fused-ring (bicyclic) bond motifs is 1. The van der Waals surface area contributed by atoms with Crippen molar-refractivity contribution >= 4 is 43.5 Å². The normalized spacial score (nSPS) is 17.6. The molecule has 0 unspecified atom stereocenters. The first-order chi connectivity index (χ1) is 17.9. The summed E-state index contributed by atoms with van der Waals surface area (Å²) in [5, 5.41) is 7.59. The zero-order chi connectivity index (χ0) is 27.5. The first kappa shape index (κ1) is 29.1. The summed E-state index contributed by atoms with van der Waals surface area (Å²) in [6, 6.07) is 5.22. The average molecular weight is 581 g/mol. The maximum Gasteiger partial charge on any atom is 0.318 e. The summed E-state index contributed by atoms with van der Waals surface area (Å²) in [5.74, 6) is 0.606. The molecular weight excluding hydrogens is 541 g/mol. The SMILES string of the molecule is CC(C)(C)[Si](C)(C)OC[C@@H](NC(=O)N1CCc2cnc(NC3CCOCC3)nc2C1)c1ccc(Cl)c(Cl)c1. The molecule has 0 saturated carbocycles. The zero-order valence-corrected chi connectivity index (χ0v) is 25.5. The molecule has 4 rings (SSSR count). The molecule has 0 spiro atoms. The Hall–Kier alpha value is -1.91. The van der Waals surface area contributed by atoms with Gasteiger partial charge in [0, 0.05) is 32.0 Å². The van der Waals surface area contributed by atoms with Gasteiger partial charge in [-0.1, -0.05) is 50.0 Å². The van der Waals surface area contributed by atoms with Gasteiger partial charge in [0.2, 0.25) is 5.95 Å². The van der Waals surface area contributed by atoms with Crippen LogP contribution in [0.2, 0.25) is 28.2 Å². The maximum atomic E-state index is 13.5. The number of ether oxygens (including phenoxy) is 1. The Bertz CT molecular complexity index is 1140. The average Bonchev–Trinajstić information content (AvgIpc) is 2.87. The van der Waals surface area contributed by atoms with Crippen LogP contribution < -0.4 is 10.6 Å². The van der Waals surface area contributed by atoms with Crippen LogP contribution in [0.1, 0.15) is 56.5 Å². The van der Waals surface area contributed by atoms with Crippen molar-refractivity contribution in [2.75, 3.05) is 31.7 Å². The molecular formula is C27H39Cl2N5O3Si. The number of nitrogens with one attached hydrogen (secondary N) is 2. The fraction of sp³-hybridized carbons (Fsp3) is 0.593. The molecule has 2 aliphatic heterocycles. The van der Waals surface area contributed by atoms with Crippen LogP contribution in [0.4, 0.5) is 10.7 Å².